The largest absolute Gasteiger partial charge is 0.382 e. The molecule has 4 heteroatoms. The summed E-state index contributed by atoms with van der Waals surface area (Å²) in [6.07, 6.45) is 8.05. The fraction of sp³-hybridized carbons (Fsp3) is 0.600. The highest BCUT2D eigenvalue weighted by molar-refractivity contribution is 5.93. The van der Waals surface area contributed by atoms with Gasteiger partial charge in [-0.3, -0.25) is 5.41 Å². The highest BCUT2D eigenvalue weighted by atomic mass is 15.2. The summed E-state index contributed by atoms with van der Waals surface area (Å²) in [6, 6.07) is 6.48. The molecule has 1 atom stereocenters. The van der Waals surface area contributed by atoms with Crippen LogP contribution in [0.2, 0.25) is 0 Å². The number of nitrogens with one attached hydrogen (secondary N) is 1. The second kappa shape index (κ2) is 5.19. The summed E-state index contributed by atoms with van der Waals surface area (Å²) in [7, 11) is 0. The first-order valence-corrected chi connectivity index (χ1v) is 7.34. The van der Waals surface area contributed by atoms with Crippen molar-refractivity contribution in [1.82, 2.24) is 4.98 Å². The molecule has 2 heterocycles. The molecule has 1 aromatic rings. The zero-order valence-corrected chi connectivity index (χ0v) is 11.3. The van der Waals surface area contributed by atoms with Gasteiger partial charge in [-0.2, -0.15) is 0 Å². The van der Waals surface area contributed by atoms with E-state index in [1.807, 2.05) is 12.1 Å². The molecule has 1 aromatic heterocycles. The smallest absolute Gasteiger partial charge is 0.141 e. The average Bonchev–Trinajstić information content (AvgIpc) is 3.09. The van der Waals surface area contributed by atoms with Crippen molar-refractivity contribution < 1.29 is 0 Å². The number of pyridine rings is 1. The topological polar surface area (TPSA) is 66.0 Å². The van der Waals surface area contributed by atoms with E-state index in [1.54, 1.807) is 0 Å². The Labute approximate surface area is 114 Å². The van der Waals surface area contributed by atoms with Gasteiger partial charge in [-0.1, -0.05) is 18.9 Å². The summed E-state index contributed by atoms with van der Waals surface area (Å²) in [5.41, 5.74) is 6.13. The van der Waals surface area contributed by atoms with E-state index in [0.29, 0.717) is 11.7 Å². The molecule has 0 bridgehead atoms. The number of hydrogen-bond donors (Lipinski definition) is 2. The Bertz CT molecular complexity index is 465. The fourth-order valence-corrected chi connectivity index (χ4v) is 3.64. The van der Waals surface area contributed by atoms with E-state index < -0.39 is 0 Å². The SMILES string of the molecule is N=C(N)c1cccc(N2CCCC2C2CCCC2)n1. The number of nitrogens with two attached hydrogens (primary N) is 1. The van der Waals surface area contributed by atoms with Gasteiger partial charge in [0, 0.05) is 12.6 Å². The molecule has 19 heavy (non-hydrogen) atoms. The molecule has 1 saturated carbocycles. The van der Waals surface area contributed by atoms with Crippen molar-refractivity contribution in [3.8, 4) is 0 Å². The standard InChI is InChI=1S/C15H22N4/c16-15(17)12-7-3-9-14(18-12)19-10-4-8-13(19)11-5-1-2-6-11/h3,7,9,11,13H,1-2,4-6,8,10H2,(H3,16,17). The van der Waals surface area contributed by atoms with E-state index in [9.17, 15) is 0 Å². The minimum absolute atomic E-state index is 0.0541. The van der Waals surface area contributed by atoms with Gasteiger partial charge in [0.15, 0.2) is 0 Å². The molecular weight excluding hydrogens is 236 g/mol. The monoisotopic (exact) mass is 258 g/mol. The molecule has 2 aliphatic rings. The van der Waals surface area contributed by atoms with Gasteiger partial charge >= 0.3 is 0 Å². The molecule has 1 aliphatic carbocycles. The number of nitrogens with zero attached hydrogens (tertiary/aromatic N) is 2. The minimum Gasteiger partial charge on any atom is -0.382 e. The Balaban J connectivity index is 1.83. The van der Waals surface area contributed by atoms with Gasteiger partial charge in [0.2, 0.25) is 0 Å². The Hall–Kier alpha value is -1.58. The molecule has 0 radical (unpaired) electrons. The Morgan fingerprint density at radius 1 is 1.21 bits per heavy atom. The van der Waals surface area contributed by atoms with Crippen molar-refractivity contribution in [3.63, 3.8) is 0 Å². The van der Waals surface area contributed by atoms with Crippen LogP contribution >= 0.6 is 0 Å². The third-order valence-corrected chi connectivity index (χ3v) is 4.55. The zero-order valence-electron chi connectivity index (χ0n) is 11.3. The van der Waals surface area contributed by atoms with Crippen LogP contribution in [-0.2, 0) is 0 Å². The molecular formula is C15H22N4. The van der Waals surface area contributed by atoms with Gasteiger partial charge in [-0.25, -0.2) is 4.98 Å². The van der Waals surface area contributed by atoms with Crippen LogP contribution in [0.15, 0.2) is 18.2 Å². The molecule has 4 nitrogen and oxygen atoms in total. The van der Waals surface area contributed by atoms with E-state index >= 15 is 0 Å². The number of rotatable bonds is 3. The molecule has 102 valence electrons. The Morgan fingerprint density at radius 3 is 2.74 bits per heavy atom. The molecule has 0 amide bonds. The number of nitrogen functional groups attached to an aromatic ring is 1. The zero-order chi connectivity index (χ0) is 13.2. The van der Waals surface area contributed by atoms with Crippen molar-refractivity contribution in [3.05, 3.63) is 23.9 Å². The lowest BCUT2D eigenvalue weighted by Gasteiger charge is -2.30. The van der Waals surface area contributed by atoms with Gasteiger partial charge in [-0.05, 0) is 43.7 Å². The summed E-state index contributed by atoms with van der Waals surface area (Å²) in [6.45, 7) is 1.09. The number of aromatic nitrogens is 1. The lowest BCUT2D eigenvalue weighted by molar-refractivity contribution is 0.429. The predicted octanol–water partition coefficient (Wildman–Crippen LogP) is 2.52. The van der Waals surface area contributed by atoms with E-state index in [0.717, 1.165) is 18.3 Å². The molecule has 3 rings (SSSR count). The number of anilines is 1. The van der Waals surface area contributed by atoms with E-state index in [2.05, 4.69) is 16.0 Å². The van der Waals surface area contributed by atoms with E-state index in [4.69, 9.17) is 11.1 Å². The van der Waals surface area contributed by atoms with Crippen molar-refractivity contribution >= 4 is 11.7 Å². The summed E-state index contributed by atoms with van der Waals surface area (Å²) >= 11 is 0. The normalized spacial score (nSPS) is 24.0. The first-order chi connectivity index (χ1) is 9.25. The van der Waals surface area contributed by atoms with Crippen LogP contribution in [0.25, 0.3) is 0 Å². The molecule has 1 saturated heterocycles. The first-order valence-electron chi connectivity index (χ1n) is 7.34. The maximum Gasteiger partial charge on any atom is 0.141 e. The van der Waals surface area contributed by atoms with Gasteiger partial charge in [0.05, 0.1) is 0 Å². The molecule has 2 fully saturated rings. The molecule has 0 aromatic carbocycles. The van der Waals surface area contributed by atoms with Crippen molar-refractivity contribution in [1.29, 1.82) is 5.41 Å². The van der Waals surface area contributed by atoms with E-state index in [-0.39, 0.29) is 5.84 Å². The second-order valence-electron chi connectivity index (χ2n) is 5.74. The summed E-state index contributed by atoms with van der Waals surface area (Å²) < 4.78 is 0. The third-order valence-electron chi connectivity index (χ3n) is 4.55. The van der Waals surface area contributed by atoms with Crippen LogP contribution < -0.4 is 10.6 Å². The van der Waals surface area contributed by atoms with E-state index in [1.165, 1.54) is 38.5 Å². The van der Waals surface area contributed by atoms with Crippen molar-refractivity contribution in [2.75, 3.05) is 11.4 Å². The summed E-state index contributed by atoms with van der Waals surface area (Å²) in [4.78, 5) is 7.00. The Kier molecular flexibility index (Phi) is 3.40. The second-order valence-corrected chi connectivity index (χ2v) is 5.74. The van der Waals surface area contributed by atoms with Crippen LogP contribution in [-0.4, -0.2) is 23.4 Å². The van der Waals surface area contributed by atoms with Gasteiger partial charge in [0.25, 0.3) is 0 Å². The van der Waals surface area contributed by atoms with Crippen LogP contribution in [0.3, 0.4) is 0 Å². The van der Waals surface area contributed by atoms with Crippen molar-refractivity contribution in [2.45, 2.75) is 44.6 Å². The van der Waals surface area contributed by atoms with Gasteiger partial charge < -0.3 is 10.6 Å². The highest BCUT2D eigenvalue weighted by Gasteiger charge is 2.33. The molecule has 3 N–H and O–H groups in total. The van der Waals surface area contributed by atoms with Crippen molar-refractivity contribution in [2.24, 2.45) is 11.7 Å². The molecule has 1 aliphatic heterocycles. The van der Waals surface area contributed by atoms with Crippen LogP contribution in [0, 0.1) is 11.3 Å². The predicted molar refractivity (Wildman–Crippen MR) is 77.6 cm³/mol. The minimum atomic E-state index is 0.0541. The first kappa shape index (κ1) is 12.5. The average molecular weight is 258 g/mol. The summed E-state index contributed by atoms with van der Waals surface area (Å²) in [5, 5.41) is 7.52. The maximum atomic E-state index is 7.52. The number of hydrogen-bond acceptors (Lipinski definition) is 3. The lowest BCUT2D eigenvalue weighted by Crippen LogP contribution is -2.35. The molecule has 0 spiro atoms. The molecule has 1 unspecified atom stereocenters. The number of amidine groups is 1. The van der Waals surface area contributed by atoms with Crippen LogP contribution in [0.4, 0.5) is 5.82 Å². The van der Waals surface area contributed by atoms with Crippen LogP contribution in [0.1, 0.15) is 44.2 Å². The quantitative estimate of drug-likeness (QED) is 0.646. The summed E-state index contributed by atoms with van der Waals surface area (Å²) in [5.74, 6) is 1.89. The lowest BCUT2D eigenvalue weighted by atomic mass is 9.96. The maximum absolute atomic E-state index is 7.52. The third kappa shape index (κ3) is 2.44. The van der Waals surface area contributed by atoms with Gasteiger partial charge in [0.1, 0.15) is 17.3 Å². The van der Waals surface area contributed by atoms with Crippen LogP contribution in [0.5, 0.6) is 0 Å². The Morgan fingerprint density at radius 2 is 2.00 bits per heavy atom. The highest BCUT2D eigenvalue weighted by Crippen LogP contribution is 2.37. The van der Waals surface area contributed by atoms with Gasteiger partial charge in [-0.15, -0.1) is 0 Å². The fourth-order valence-electron chi connectivity index (χ4n) is 3.64.